The van der Waals surface area contributed by atoms with Crippen LogP contribution in [0.15, 0.2) is 46.9 Å². The molecule has 0 heterocycles. The number of carbonyl (C=O) groups excluding carboxylic acids is 2. The number of halogens is 4. The first-order valence-corrected chi connectivity index (χ1v) is 9.15. The molecule has 2 amide bonds. The molecular weight excluding hydrogens is 428 g/mol. The van der Waals surface area contributed by atoms with Gasteiger partial charge in [-0.25, -0.2) is 22.4 Å². The molecule has 0 saturated heterocycles. The quantitative estimate of drug-likeness (QED) is 0.261. The van der Waals surface area contributed by atoms with E-state index in [1.165, 1.54) is 31.2 Å². The van der Waals surface area contributed by atoms with Crippen LogP contribution in [-0.4, -0.2) is 28.6 Å². The third-order valence-electron chi connectivity index (χ3n) is 3.55. The number of hydrogen-bond donors (Lipinski definition) is 3. The molecule has 2 aromatic rings. The van der Waals surface area contributed by atoms with Gasteiger partial charge in [0.25, 0.3) is 0 Å². The van der Waals surface area contributed by atoms with Crippen LogP contribution in [-0.2, 0) is 14.4 Å². The lowest BCUT2D eigenvalue weighted by Gasteiger charge is -2.09. The van der Waals surface area contributed by atoms with Gasteiger partial charge in [0.1, 0.15) is 5.69 Å². The molecule has 0 unspecified atom stereocenters. The number of carboxylic acids is 1. The van der Waals surface area contributed by atoms with Crippen molar-refractivity contribution in [3.8, 4) is 0 Å². The van der Waals surface area contributed by atoms with Gasteiger partial charge in [0, 0.05) is 28.3 Å². The second kappa shape index (κ2) is 9.92. The number of benzene rings is 2. The van der Waals surface area contributed by atoms with E-state index in [0.717, 1.165) is 17.8 Å². The normalized spacial score (nSPS) is 11.2. The van der Waals surface area contributed by atoms with Crippen LogP contribution in [0.2, 0.25) is 0 Å². The topological polar surface area (TPSA) is 95.5 Å². The Morgan fingerprint density at radius 3 is 2.10 bits per heavy atom. The maximum absolute atomic E-state index is 13.6. The molecule has 0 radical (unpaired) electrons. The highest BCUT2D eigenvalue weighted by Crippen LogP contribution is 2.25. The van der Waals surface area contributed by atoms with Crippen LogP contribution >= 0.6 is 11.8 Å². The molecule has 0 aliphatic heterocycles. The van der Waals surface area contributed by atoms with Crippen LogP contribution in [0.25, 0.3) is 0 Å². The predicted molar refractivity (Wildman–Crippen MR) is 102 cm³/mol. The van der Waals surface area contributed by atoms with E-state index in [1.807, 2.05) is 0 Å². The average Bonchev–Trinajstić information content (AvgIpc) is 2.69. The van der Waals surface area contributed by atoms with E-state index in [1.54, 1.807) is 5.32 Å². The Bertz CT molecular complexity index is 1000. The molecule has 11 heteroatoms. The lowest BCUT2D eigenvalue weighted by Crippen LogP contribution is -2.17. The maximum Gasteiger partial charge on any atom is 0.331 e. The molecule has 2 aromatic carbocycles. The summed E-state index contributed by atoms with van der Waals surface area (Å²) in [7, 11) is 0. The van der Waals surface area contributed by atoms with Crippen LogP contribution in [0, 0.1) is 23.3 Å². The molecule has 3 N–H and O–H groups in total. The van der Waals surface area contributed by atoms with Gasteiger partial charge in [0.15, 0.2) is 23.3 Å². The first-order valence-electron chi connectivity index (χ1n) is 8.16. The molecule has 0 atom stereocenters. The molecule has 158 valence electrons. The molecule has 0 aliphatic rings. The number of carbonyl (C=O) groups is 3. The smallest absolute Gasteiger partial charge is 0.331 e. The van der Waals surface area contributed by atoms with Crippen molar-refractivity contribution in [2.24, 2.45) is 0 Å². The Balaban J connectivity index is 1.94. The Hall–Kier alpha value is -3.34. The first-order chi connectivity index (χ1) is 14.1. The molecule has 0 aromatic heterocycles. The Kier molecular flexibility index (Phi) is 7.59. The zero-order chi connectivity index (χ0) is 22.4. The molecule has 30 heavy (non-hydrogen) atoms. The predicted octanol–water partition coefficient (Wildman–Crippen LogP) is 3.94. The summed E-state index contributed by atoms with van der Waals surface area (Å²) < 4.78 is 53.4. The minimum absolute atomic E-state index is 0.0359. The van der Waals surface area contributed by atoms with Gasteiger partial charge in [-0.15, -0.1) is 11.8 Å². The van der Waals surface area contributed by atoms with Crippen molar-refractivity contribution >= 4 is 40.9 Å². The number of carboxylic acid groups (broad SMARTS) is 1. The largest absolute Gasteiger partial charge is 0.478 e. The molecule has 0 fully saturated rings. The van der Waals surface area contributed by atoms with E-state index in [4.69, 9.17) is 5.11 Å². The fraction of sp³-hybridized carbons (Fsp3) is 0.105. The number of hydrogen-bond acceptors (Lipinski definition) is 4. The van der Waals surface area contributed by atoms with Crippen molar-refractivity contribution in [1.29, 1.82) is 0 Å². The third kappa shape index (κ3) is 6.08. The lowest BCUT2D eigenvalue weighted by molar-refractivity contribution is -0.132. The Morgan fingerprint density at radius 2 is 1.57 bits per heavy atom. The highest BCUT2D eigenvalue weighted by atomic mass is 32.2. The van der Waals surface area contributed by atoms with Crippen molar-refractivity contribution in [2.75, 3.05) is 16.4 Å². The fourth-order valence-corrected chi connectivity index (χ4v) is 2.78. The molecule has 2 rings (SSSR count). The van der Waals surface area contributed by atoms with Gasteiger partial charge >= 0.3 is 5.97 Å². The van der Waals surface area contributed by atoms with Crippen molar-refractivity contribution in [3.05, 3.63) is 65.2 Å². The zero-order valence-corrected chi connectivity index (χ0v) is 16.1. The summed E-state index contributed by atoms with van der Waals surface area (Å²) in [6.07, 6.45) is 0.919. The Labute approximate surface area is 172 Å². The summed E-state index contributed by atoms with van der Waals surface area (Å²) in [5.74, 6) is -9.76. The van der Waals surface area contributed by atoms with Crippen LogP contribution in [0.3, 0.4) is 0 Å². The van der Waals surface area contributed by atoms with Gasteiger partial charge in [-0.05, 0) is 31.2 Å². The summed E-state index contributed by atoms with van der Waals surface area (Å²) >= 11 is 0.963. The van der Waals surface area contributed by atoms with Crippen LogP contribution in [0.4, 0.5) is 28.9 Å². The average molecular weight is 442 g/mol. The number of thioether (sulfide) groups is 1. The highest BCUT2D eigenvalue weighted by Gasteiger charge is 2.20. The molecule has 0 aliphatic carbocycles. The Morgan fingerprint density at radius 1 is 1.00 bits per heavy atom. The molecular formula is C19H14F4N2O4S. The number of anilines is 2. The summed E-state index contributed by atoms with van der Waals surface area (Å²) in [6.45, 7) is 1.27. The monoisotopic (exact) mass is 442 g/mol. The number of rotatable bonds is 7. The van der Waals surface area contributed by atoms with Crippen molar-refractivity contribution in [2.45, 2.75) is 11.8 Å². The second-order valence-electron chi connectivity index (χ2n) is 5.83. The summed E-state index contributed by atoms with van der Waals surface area (Å²) in [5, 5.41) is 13.0. The summed E-state index contributed by atoms with van der Waals surface area (Å²) in [6, 6.07) is 6.08. The van der Waals surface area contributed by atoms with Gasteiger partial charge in [-0.1, -0.05) is 0 Å². The zero-order valence-electron chi connectivity index (χ0n) is 15.3. The number of nitrogens with one attached hydrogen (secondary N) is 2. The SMILES string of the molecule is CC(=CC(=O)Nc1ccc(SCC(=O)Nc2c(F)c(F)cc(F)c2F)cc1)C(=O)O. The van der Waals surface area contributed by atoms with E-state index < -0.39 is 46.7 Å². The molecule has 0 spiro atoms. The van der Waals surface area contributed by atoms with Crippen molar-refractivity contribution in [1.82, 2.24) is 0 Å². The van der Waals surface area contributed by atoms with Gasteiger partial charge in [0.2, 0.25) is 11.8 Å². The molecule has 6 nitrogen and oxygen atoms in total. The van der Waals surface area contributed by atoms with Crippen molar-refractivity contribution in [3.63, 3.8) is 0 Å². The standard InChI is InChI=1S/C19H14F4N2O4S/c1-9(19(28)29)6-14(26)24-10-2-4-11(5-3-10)30-8-15(27)25-18-16(22)12(20)7-13(21)17(18)23/h2-7H,8H2,1H3,(H,24,26)(H,25,27)(H,28,29). The molecule has 0 bridgehead atoms. The van der Waals surface area contributed by atoms with Crippen molar-refractivity contribution < 1.29 is 37.1 Å². The second-order valence-corrected chi connectivity index (χ2v) is 6.87. The number of amides is 2. The van der Waals surface area contributed by atoms with E-state index in [-0.39, 0.29) is 17.4 Å². The van der Waals surface area contributed by atoms with Gasteiger partial charge in [-0.3, -0.25) is 9.59 Å². The van der Waals surface area contributed by atoms with Crippen LogP contribution in [0.5, 0.6) is 0 Å². The minimum atomic E-state index is -1.71. The maximum atomic E-state index is 13.6. The fourth-order valence-electron chi connectivity index (χ4n) is 2.08. The number of aliphatic carboxylic acids is 1. The molecule has 0 saturated carbocycles. The van der Waals surface area contributed by atoms with Crippen LogP contribution < -0.4 is 10.6 Å². The minimum Gasteiger partial charge on any atom is -0.478 e. The van der Waals surface area contributed by atoms with E-state index in [0.29, 0.717) is 10.6 Å². The van der Waals surface area contributed by atoms with Gasteiger partial charge in [0.05, 0.1) is 5.75 Å². The van der Waals surface area contributed by atoms with Gasteiger partial charge < -0.3 is 15.7 Å². The van der Waals surface area contributed by atoms with Gasteiger partial charge in [-0.2, -0.15) is 0 Å². The van der Waals surface area contributed by atoms with E-state index in [2.05, 4.69) is 5.32 Å². The van der Waals surface area contributed by atoms with E-state index in [9.17, 15) is 31.9 Å². The lowest BCUT2D eigenvalue weighted by atomic mass is 10.2. The summed E-state index contributed by atoms with van der Waals surface area (Å²) in [4.78, 5) is 34.8. The highest BCUT2D eigenvalue weighted by molar-refractivity contribution is 8.00. The first kappa shape index (κ1) is 22.9. The third-order valence-corrected chi connectivity index (χ3v) is 4.56. The summed E-state index contributed by atoms with van der Waals surface area (Å²) in [5.41, 5.74) is -0.986. The van der Waals surface area contributed by atoms with E-state index >= 15 is 0 Å². The van der Waals surface area contributed by atoms with Crippen LogP contribution in [0.1, 0.15) is 6.92 Å².